The first kappa shape index (κ1) is 20.3. The maximum atomic E-state index is 11.5. The van der Waals surface area contributed by atoms with Gasteiger partial charge in [-0.25, -0.2) is 0 Å². The summed E-state index contributed by atoms with van der Waals surface area (Å²) >= 11 is 5.70. The minimum absolute atomic E-state index is 0.0483. The molecule has 1 aliphatic heterocycles. The summed E-state index contributed by atoms with van der Waals surface area (Å²) in [5.74, 6) is 0.875. The van der Waals surface area contributed by atoms with Crippen LogP contribution in [0, 0.1) is 0 Å². The van der Waals surface area contributed by atoms with E-state index in [1.807, 2.05) is 30.3 Å². The third kappa shape index (κ3) is 5.53. The molecule has 148 valence electrons. The van der Waals surface area contributed by atoms with Crippen LogP contribution in [0.2, 0.25) is 0 Å². The van der Waals surface area contributed by atoms with E-state index < -0.39 is 0 Å². The van der Waals surface area contributed by atoms with Crippen molar-refractivity contribution >= 4 is 28.8 Å². The van der Waals surface area contributed by atoms with Gasteiger partial charge in [0, 0.05) is 30.9 Å². The van der Waals surface area contributed by atoms with Crippen LogP contribution < -0.4 is 10.1 Å². The molecule has 28 heavy (non-hydrogen) atoms. The van der Waals surface area contributed by atoms with Gasteiger partial charge in [-0.15, -0.1) is 0 Å². The Bertz CT molecular complexity index is 817. The summed E-state index contributed by atoms with van der Waals surface area (Å²) in [6.07, 6.45) is 2.32. The number of Topliss-reactive ketones (excluding diaryl/α,β-unsaturated/α-hetero) is 1. The molecule has 2 aromatic rings. The van der Waals surface area contributed by atoms with Crippen molar-refractivity contribution in [3.8, 4) is 5.75 Å². The Labute approximate surface area is 171 Å². The Balaban J connectivity index is 1.72. The van der Waals surface area contributed by atoms with Crippen LogP contribution in [0.3, 0.4) is 0 Å². The molecule has 0 saturated carbocycles. The number of anilines is 1. The Kier molecular flexibility index (Phi) is 7.01. The predicted molar refractivity (Wildman–Crippen MR) is 115 cm³/mol. The zero-order valence-corrected chi connectivity index (χ0v) is 17.1. The molecule has 1 unspecified atom stereocenters. The summed E-state index contributed by atoms with van der Waals surface area (Å²) in [4.78, 5) is 13.6. The quantitative estimate of drug-likeness (QED) is 0.555. The number of methoxy groups -OCH3 is 1. The Morgan fingerprint density at radius 2 is 2.07 bits per heavy atom. The van der Waals surface area contributed by atoms with E-state index in [2.05, 4.69) is 16.3 Å². The van der Waals surface area contributed by atoms with Crippen molar-refractivity contribution < 1.29 is 14.3 Å². The molecule has 6 heteroatoms. The first-order valence-electron chi connectivity index (χ1n) is 9.46. The number of thiocarbonyl (C=S) groups is 1. The molecule has 0 spiro atoms. The number of ketones is 1. The molecule has 1 N–H and O–H groups in total. The largest absolute Gasteiger partial charge is 0.497 e. The molecule has 1 saturated heterocycles. The SMILES string of the molecule is COc1cccc(CN(CC2CCCO2)C(=S)Nc2ccc(C(C)=O)cc2)c1. The standard InChI is InChI=1S/C22H26N2O3S/c1-16(25)18-8-10-19(11-9-18)23-22(28)24(15-21-7-4-12-27-21)14-17-5-3-6-20(13-17)26-2/h3,5-6,8-11,13,21H,4,7,12,14-15H2,1-2H3,(H,23,28). The lowest BCUT2D eigenvalue weighted by Gasteiger charge is -2.28. The molecular formula is C22H26N2O3S. The maximum Gasteiger partial charge on any atom is 0.173 e. The second kappa shape index (κ2) is 9.66. The minimum atomic E-state index is 0.0483. The number of carbonyl (C=O) groups excluding carboxylic acids is 1. The normalized spacial score (nSPS) is 15.9. The first-order chi connectivity index (χ1) is 13.5. The van der Waals surface area contributed by atoms with E-state index in [1.54, 1.807) is 26.2 Å². The summed E-state index contributed by atoms with van der Waals surface area (Å²) in [6, 6.07) is 15.4. The average Bonchev–Trinajstić information content (AvgIpc) is 3.21. The maximum absolute atomic E-state index is 11.5. The van der Waals surface area contributed by atoms with Gasteiger partial charge in [0.05, 0.1) is 13.2 Å². The van der Waals surface area contributed by atoms with Gasteiger partial charge in [0.15, 0.2) is 10.9 Å². The number of ether oxygens (including phenoxy) is 2. The van der Waals surface area contributed by atoms with Crippen molar-refractivity contribution in [2.45, 2.75) is 32.4 Å². The molecule has 0 radical (unpaired) electrons. The van der Waals surface area contributed by atoms with E-state index in [-0.39, 0.29) is 11.9 Å². The summed E-state index contributed by atoms with van der Waals surface area (Å²) < 4.78 is 11.2. The van der Waals surface area contributed by atoms with Gasteiger partial charge in [0.2, 0.25) is 0 Å². The van der Waals surface area contributed by atoms with E-state index in [0.29, 0.717) is 17.2 Å². The van der Waals surface area contributed by atoms with Gasteiger partial charge in [-0.2, -0.15) is 0 Å². The third-order valence-corrected chi connectivity index (χ3v) is 5.15. The van der Waals surface area contributed by atoms with Gasteiger partial charge in [0.25, 0.3) is 0 Å². The molecule has 1 fully saturated rings. The van der Waals surface area contributed by atoms with Crippen LogP contribution in [0.25, 0.3) is 0 Å². The Morgan fingerprint density at radius 3 is 2.71 bits per heavy atom. The Morgan fingerprint density at radius 1 is 1.29 bits per heavy atom. The highest BCUT2D eigenvalue weighted by Crippen LogP contribution is 2.19. The van der Waals surface area contributed by atoms with Gasteiger partial charge >= 0.3 is 0 Å². The van der Waals surface area contributed by atoms with Crippen LogP contribution in [-0.4, -0.2) is 42.2 Å². The van der Waals surface area contributed by atoms with Crippen LogP contribution >= 0.6 is 12.2 Å². The lowest BCUT2D eigenvalue weighted by molar-refractivity contribution is 0.0905. The van der Waals surface area contributed by atoms with Crippen molar-refractivity contribution in [2.75, 3.05) is 25.6 Å². The lowest BCUT2D eigenvalue weighted by Crippen LogP contribution is -2.39. The zero-order chi connectivity index (χ0) is 19.9. The summed E-state index contributed by atoms with van der Waals surface area (Å²) in [7, 11) is 1.67. The number of hydrogen-bond acceptors (Lipinski definition) is 4. The minimum Gasteiger partial charge on any atom is -0.497 e. The molecule has 0 aromatic heterocycles. The van der Waals surface area contributed by atoms with Crippen molar-refractivity contribution in [1.29, 1.82) is 0 Å². The number of nitrogens with one attached hydrogen (secondary N) is 1. The van der Waals surface area contributed by atoms with Crippen molar-refractivity contribution in [2.24, 2.45) is 0 Å². The third-order valence-electron chi connectivity index (χ3n) is 4.79. The van der Waals surface area contributed by atoms with Crippen molar-refractivity contribution in [3.05, 3.63) is 59.7 Å². The highest BCUT2D eigenvalue weighted by atomic mass is 32.1. The highest BCUT2D eigenvalue weighted by molar-refractivity contribution is 7.80. The van der Waals surface area contributed by atoms with E-state index in [0.717, 1.165) is 43.0 Å². The van der Waals surface area contributed by atoms with Gasteiger partial charge in [0.1, 0.15) is 5.75 Å². The van der Waals surface area contributed by atoms with Gasteiger partial charge in [-0.3, -0.25) is 4.79 Å². The summed E-state index contributed by atoms with van der Waals surface area (Å²) in [5.41, 5.74) is 2.66. The second-order valence-corrected chi connectivity index (χ2v) is 7.32. The number of carbonyl (C=O) groups is 1. The van der Waals surface area contributed by atoms with Crippen LogP contribution in [0.1, 0.15) is 35.7 Å². The monoisotopic (exact) mass is 398 g/mol. The first-order valence-corrected chi connectivity index (χ1v) is 9.87. The van der Waals surface area contributed by atoms with Crippen molar-refractivity contribution in [3.63, 3.8) is 0 Å². The van der Waals surface area contributed by atoms with E-state index in [4.69, 9.17) is 21.7 Å². The van der Waals surface area contributed by atoms with E-state index in [1.165, 1.54) is 0 Å². The van der Waals surface area contributed by atoms with Crippen molar-refractivity contribution in [1.82, 2.24) is 4.90 Å². The number of nitrogens with zero attached hydrogens (tertiary/aromatic N) is 1. The summed E-state index contributed by atoms with van der Waals surface area (Å²) in [6.45, 7) is 3.76. The fraction of sp³-hybridized carbons (Fsp3) is 0.364. The van der Waals surface area contributed by atoms with Crippen LogP contribution in [0.15, 0.2) is 48.5 Å². The zero-order valence-electron chi connectivity index (χ0n) is 16.3. The topological polar surface area (TPSA) is 50.8 Å². The lowest BCUT2D eigenvalue weighted by atomic mass is 10.1. The van der Waals surface area contributed by atoms with Gasteiger partial charge in [-0.05, 0) is 73.9 Å². The molecule has 0 amide bonds. The average molecular weight is 399 g/mol. The molecule has 1 aliphatic rings. The molecule has 2 aromatic carbocycles. The predicted octanol–water partition coefficient (Wildman–Crippen LogP) is 4.28. The van der Waals surface area contributed by atoms with Crippen LogP contribution in [-0.2, 0) is 11.3 Å². The van der Waals surface area contributed by atoms with E-state index in [9.17, 15) is 4.79 Å². The molecule has 5 nitrogen and oxygen atoms in total. The molecular weight excluding hydrogens is 372 g/mol. The second-order valence-electron chi connectivity index (χ2n) is 6.93. The fourth-order valence-electron chi connectivity index (χ4n) is 3.24. The number of hydrogen-bond donors (Lipinski definition) is 1. The Hall–Kier alpha value is -2.44. The number of rotatable bonds is 7. The van der Waals surface area contributed by atoms with Gasteiger partial charge < -0.3 is 19.7 Å². The molecule has 0 bridgehead atoms. The summed E-state index contributed by atoms with van der Waals surface area (Å²) in [5, 5.41) is 3.92. The van der Waals surface area contributed by atoms with E-state index >= 15 is 0 Å². The molecule has 1 heterocycles. The molecule has 0 aliphatic carbocycles. The smallest absolute Gasteiger partial charge is 0.173 e. The highest BCUT2D eigenvalue weighted by Gasteiger charge is 2.21. The molecule has 1 atom stereocenters. The molecule has 3 rings (SSSR count). The van der Waals surface area contributed by atoms with Crippen LogP contribution in [0.5, 0.6) is 5.75 Å². The van der Waals surface area contributed by atoms with Gasteiger partial charge in [-0.1, -0.05) is 12.1 Å². The fourth-order valence-corrected chi connectivity index (χ4v) is 3.49. The van der Waals surface area contributed by atoms with Crippen LogP contribution in [0.4, 0.5) is 5.69 Å². The number of benzene rings is 2.